The molecule has 0 unspecified atom stereocenters. The summed E-state index contributed by atoms with van der Waals surface area (Å²) < 4.78 is 7.52. The number of rotatable bonds is 5. The van der Waals surface area contributed by atoms with Crippen LogP contribution < -0.4 is 4.74 Å². The van der Waals surface area contributed by atoms with Gasteiger partial charge in [0.05, 0.1) is 40.1 Å². The molecule has 0 spiro atoms. The van der Waals surface area contributed by atoms with E-state index in [0.717, 1.165) is 10.9 Å². The van der Waals surface area contributed by atoms with Crippen LogP contribution in [0.4, 0.5) is 0 Å². The van der Waals surface area contributed by atoms with Crippen LogP contribution >= 0.6 is 23.2 Å². The Morgan fingerprint density at radius 1 is 1.13 bits per heavy atom. The van der Waals surface area contributed by atoms with Gasteiger partial charge in [-0.25, -0.2) is 4.98 Å². The molecule has 8 heteroatoms. The summed E-state index contributed by atoms with van der Waals surface area (Å²) in [4.78, 5) is 24.5. The summed E-state index contributed by atoms with van der Waals surface area (Å²) in [7, 11) is 0. The van der Waals surface area contributed by atoms with Gasteiger partial charge in [0, 0.05) is 34.9 Å². The van der Waals surface area contributed by atoms with Crippen molar-refractivity contribution in [3.8, 4) is 11.5 Å². The number of hydrogen-bond acceptors (Lipinski definition) is 4. The molecule has 148 valence electrons. The predicted octanol–water partition coefficient (Wildman–Crippen LogP) is 5.89. The number of imidazole rings is 1. The number of nitrogens with one attached hydrogen (secondary N) is 1. The van der Waals surface area contributed by atoms with Crippen molar-refractivity contribution < 1.29 is 9.53 Å². The largest absolute Gasteiger partial charge is 0.456 e. The van der Waals surface area contributed by atoms with E-state index < -0.39 is 0 Å². The highest BCUT2D eigenvalue weighted by Crippen LogP contribution is 2.31. The molecule has 3 aromatic heterocycles. The van der Waals surface area contributed by atoms with Crippen LogP contribution in [0.2, 0.25) is 10.0 Å². The highest BCUT2D eigenvalue weighted by molar-refractivity contribution is 6.45. The quantitative estimate of drug-likeness (QED) is 0.348. The third-order valence-corrected chi connectivity index (χ3v) is 5.60. The Bertz CT molecular complexity index is 1390. The van der Waals surface area contributed by atoms with Gasteiger partial charge in [0.25, 0.3) is 0 Å². The molecular formula is C22H14Cl2N4O2. The number of carbonyl (C=O) groups is 1. The highest BCUT2D eigenvalue weighted by atomic mass is 35.5. The lowest BCUT2D eigenvalue weighted by Crippen LogP contribution is -2.09. The number of benzene rings is 2. The minimum atomic E-state index is -0.0717. The third kappa shape index (κ3) is 3.30. The van der Waals surface area contributed by atoms with Crippen LogP contribution in [0.5, 0.6) is 11.5 Å². The lowest BCUT2D eigenvalue weighted by Gasteiger charge is -2.07. The molecule has 0 aliphatic heterocycles. The molecule has 0 fully saturated rings. The van der Waals surface area contributed by atoms with Crippen LogP contribution in [0.15, 0.2) is 67.4 Å². The summed E-state index contributed by atoms with van der Waals surface area (Å²) in [5.41, 5.74) is 2.71. The van der Waals surface area contributed by atoms with Gasteiger partial charge in [0.1, 0.15) is 11.5 Å². The lowest BCUT2D eigenvalue weighted by molar-refractivity contribution is 0.0975. The molecule has 0 bridgehead atoms. The maximum absolute atomic E-state index is 13.0. The molecule has 5 aromatic rings. The predicted molar refractivity (Wildman–Crippen MR) is 117 cm³/mol. The van der Waals surface area contributed by atoms with E-state index in [0.29, 0.717) is 38.1 Å². The molecule has 6 nitrogen and oxygen atoms in total. The van der Waals surface area contributed by atoms with Gasteiger partial charge in [-0.1, -0.05) is 23.2 Å². The fraction of sp³-hybridized carbons (Fsp3) is 0.0455. The minimum Gasteiger partial charge on any atom is -0.456 e. The van der Waals surface area contributed by atoms with Crippen LogP contribution in [0, 0.1) is 0 Å². The average molecular weight is 437 g/mol. The van der Waals surface area contributed by atoms with E-state index in [-0.39, 0.29) is 12.3 Å². The van der Waals surface area contributed by atoms with Gasteiger partial charge in [0.15, 0.2) is 5.78 Å². The fourth-order valence-corrected chi connectivity index (χ4v) is 3.82. The SMILES string of the molecule is O=C(Cn1cnc2ccc(Cl)c(Cl)c21)c1c[nH]c2cc(Oc3cccnc3)ccc12. The van der Waals surface area contributed by atoms with Gasteiger partial charge < -0.3 is 14.3 Å². The Morgan fingerprint density at radius 3 is 2.87 bits per heavy atom. The second kappa shape index (κ2) is 7.48. The Hall–Kier alpha value is -3.35. The maximum atomic E-state index is 13.0. The summed E-state index contributed by atoms with van der Waals surface area (Å²) >= 11 is 12.5. The Balaban J connectivity index is 1.44. The standard InChI is InChI=1S/C22H14Cl2N4O2/c23-17-5-6-18-22(21(17)24)28(12-27-18)11-20(29)16-10-26-19-8-13(3-4-15(16)19)30-14-2-1-7-25-9-14/h1-10,12,26H,11H2. The van der Waals surface area contributed by atoms with Gasteiger partial charge in [-0.15, -0.1) is 0 Å². The van der Waals surface area contributed by atoms with Crippen LogP contribution in [0.1, 0.15) is 10.4 Å². The van der Waals surface area contributed by atoms with Crippen molar-refractivity contribution >= 4 is 50.9 Å². The van der Waals surface area contributed by atoms with Crippen molar-refractivity contribution in [2.24, 2.45) is 0 Å². The van der Waals surface area contributed by atoms with E-state index in [9.17, 15) is 4.79 Å². The van der Waals surface area contributed by atoms with Crippen molar-refractivity contribution in [3.05, 3.63) is 83.0 Å². The van der Waals surface area contributed by atoms with Crippen molar-refractivity contribution in [3.63, 3.8) is 0 Å². The van der Waals surface area contributed by atoms with Gasteiger partial charge in [-0.05, 0) is 36.4 Å². The van der Waals surface area contributed by atoms with E-state index in [1.165, 1.54) is 0 Å². The first-order valence-corrected chi connectivity index (χ1v) is 9.87. The number of fused-ring (bicyclic) bond motifs is 2. The third-order valence-electron chi connectivity index (χ3n) is 4.81. The topological polar surface area (TPSA) is 72.8 Å². The number of ether oxygens (including phenoxy) is 1. The molecule has 5 rings (SSSR count). The summed E-state index contributed by atoms with van der Waals surface area (Å²) in [6, 6.07) is 12.6. The number of ketones is 1. The normalized spacial score (nSPS) is 11.3. The highest BCUT2D eigenvalue weighted by Gasteiger charge is 2.17. The smallest absolute Gasteiger partial charge is 0.184 e. The molecule has 0 atom stereocenters. The second-order valence-corrected chi connectivity index (χ2v) is 7.51. The summed E-state index contributed by atoms with van der Waals surface area (Å²) in [6.07, 6.45) is 6.62. The lowest BCUT2D eigenvalue weighted by atomic mass is 10.1. The monoisotopic (exact) mass is 436 g/mol. The zero-order valence-electron chi connectivity index (χ0n) is 15.5. The van der Waals surface area contributed by atoms with E-state index in [1.54, 1.807) is 47.7 Å². The maximum Gasteiger partial charge on any atom is 0.184 e. The van der Waals surface area contributed by atoms with Crippen molar-refractivity contribution in [1.82, 2.24) is 19.5 Å². The number of halogens is 2. The first kappa shape index (κ1) is 18.7. The molecule has 30 heavy (non-hydrogen) atoms. The van der Waals surface area contributed by atoms with Crippen LogP contribution in [-0.2, 0) is 6.54 Å². The van der Waals surface area contributed by atoms with Gasteiger partial charge in [-0.3, -0.25) is 9.78 Å². The molecule has 0 saturated carbocycles. The van der Waals surface area contributed by atoms with Crippen molar-refractivity contribution in [1.29, 1.82) is 0 Å². The number of aromatic nitrogens is 4. The van der Waals surface area contributed by atoms with E-state index >= 15 is 0 Å². The number of Topliss-reactive ketones (excluding diaryl/α,β-unsaturated/α-hetero) is 1. The Morgan fingerprint density at radius 2 is 2.03 bits per heavy atom. The van der Waals surface area contributed by atoms with Crippen molar-refractivity contribution in [2.75, 3.05) is 0 Å². The molecule has 0 saturated heterocycles. The molecule has 2 aromatic carbocycles. The fourth-order valence-electron chi connectivity index (χ4n) is 3.40. The first-order valence-electron chi connectivity index (χ1n) is 9.11. The van der Waals surface area contributed by atoms with Gasteiger partial charge in [0.2, 0.25) is 0 Å². The number of hydrogen-bond donors (Lipinski definition) is 1. The van der Waals surface area contributed by atoms with Crippen LogP contribution in [-0.4, -0.2) is 25.3 Å². The molecule has 3 heterocycles. The summed E-state index contributed by atoms with van der Waals surface area (Å²) in [5.74, 6) is 1.22. The van der Waals surface area contributed by atoms with Crippen molar-refractivity contribution in [2.45, 2.75) is 6.54 Å². The molecule has 0 amide bonds. The Labute approximate surface area is 181 Å². The summed E-state index contributed by atoms with van der Waals surface area (Å²) in [6.45, 7) is 0.0947. The van der Waals surface area contributed by atoms with E-state index in [1.807, 2.05) is 24.3 Å². The molecule has 0 aliphatic carbocycles. The molecule has 0 radical (unpaired) electrons. The number of carbonyl (C=O) groups excluding carboxylic acids is 1. The Kier molecular flexibility index (Phi) is 4.65. The second-order valence-electron chi connectivity index (χ2n) is 6.73. The number of H-pyrrole nitrogens is 1. The number of aromatic amines is 1. The zero-order valence-corrected chi connectivity index (χ0v) is 17.0. The molecule has 1 N–H and O–H groups in total. The van der Waals surface area contributed by atoms with E-state index in [2.05, 4.69) is 15.0 Å². The van der Waals surface area contributed by atoms with Gasteiger partial charge >= 0.3 is 0 Å². The zero-order chi connectivity index (χ0) is 20.7. The first-order chi connectivity index (χ1) is 14.6. The van der Waals surface area contributed by atoms with Crippen LogP contribution in [0.3, 0.4) is 0 Å². The number of nitrogens with zero attached hydrogens (tertiary/aromatic N) is 3. The van der Waals surface area contributed by atoms with E-state index in [4.69, 9.17) is 27.9 Å². The number of pyridine rings is 1. The molecule has 0 aliphatic rings. The van der Waals surface area contributed by atoms with Crippen LogP contribution in [0.25, 0.3) is 21.9 Å². The molecular weight excluding hydrogens is 423 g/mol. The average Bonchev–Trinajstić information content (AvgIpc) is 3.36. The summed E-state index contributed by atoms with van der Waals surface area (Å²) in [5, 5.41) is 1.62. The minimum absolute atomic E-state index is 0.0717. The van der Waals surface area contributed by atoms with Gasteiger partial charge in [-0.2, -0.15) is 0 Å².